The minimum absolute atomic E-state index is 0.629. The van der Waals surface area contributed by atoms with E-state index in [1.807, 2.05) is 36.4 Å². The maximum atomic E-state index is 5.71. The van der Waals surface area contributed by atoms with E-state index >= 15 is 0 Å². The monoisotopic (exact) mass is 349 g/mol. The van der Waals surface area contributed by atoms with Gasteiger partial charge in [-0.2, -0.15) is 0 Å². The van der Waals surface area contributed by atoms with Gasteiger partial charge in [0, 0.05) is 23.8 Å². The van der Waals surface area contributed by atoms with Crippen molar-refractivity contribution in [2.24, 2.45) is 0 Å². The molecule has 2 rings (SSSR count). The van der Waals surface area contributed by atoms with Gasteiger partial charge in [-0.25, -0.2) is 0 Å². The summed E-state index contributed by atoms with van der Waals surface area (Å²) in [6, 6.07) is 16.3. The number of ether oxygens (including phenoxy) is 2. The van der Waals surface area contributed by atoms with E-state index in [1.54, 1.807) is 7.11 Å². The topological polar surface area (TPSA) is 30.5 Å². The third kappa shape index (κ3) is 5.78. The molecule has 0 aliphatic rings. The minimum atomic E-state index is 0.629. The normalized spacial score (nSPS) is 10.4. The van der Waals surface area contributed by atoms with E-state index in [1.165, 1.54) is 5.56 Å². The molecule has 2 aromatic rings. The van der Waals surface area contributed by atoms with Crippen molar-refractivity contribution in [2.75, 3.05) is 32.2 Å². The molecule has 0 amide bonds. The number of anilines is 1. The second kappa shape index (κ2) is 8.70. The summed E-state index contributed by atoms with van der Waals surface area (Å²) in [7, 11) is 1.72. The van der Waals surface area contributed by atoms with Crippen molar-refractivity contribution in [2.45, 2.75) is 6.42 Å². The highest BCUT2D eigenvalue weighted by Gasteiger charge is 1.97. The van der Waals surface area contributed by atoms with Gasteiger partial charge >= 0.3 is 0 Å². The molecular formula is C17H20BrNO2. The van der Waals surface area contributed by atoms with Crippen molar-refractivity contribution in [3.05, 3.63) is 58.6 Å². The predicted octanol–water partition coefficient (Wildman–Crippen LogP) is 4.13. The molecule has 112 valence electrons. The molecule has 21 heavy (non-hydrogen) atoms. The molecule has 0 fully saturated rings. The second-order valence-corrected chi connectivity index (χ2v) is 5.59. The molecule has 0 atom stereocenters. The number of nitrogens with one attached hydrogen (secondary N) is 1. The molecule has 0 unspecified atom stereocenters. The van der Waals surface area contributed by atoms with Crippen molar-refractivity contribution in [1.82, 2.24) is 0 Å². The maximum absolute atomic E-state index is 5.71. The van der Waals surface area contributed by atoms with Crippen molar-refractivity contribution < 1.29 is 9.47 Å². The van der Waals surface area contributed by atoms with Crippen molar-refractivity contribution in [1.29, 1.82) is 0 Å². The molecule has 0 spiro atoms. The molecule has 0 aliphatic carbocycles. The van der Waals surface area contributed by atoms with Crippen LogP contribution >= 0.6 is 15.9 Å². The Morgan fingerprint density at radius 3 is 2.57 bits per heavy atom. The standard InChI is InChI=1S/C17H20BrNO2/c1-20-11-9-14-5-7-17(8-6-14)21-12-10-19-16-4-2-3-15(18)13-16/h2-8,13,19H,9-12H2,1H3. The van der Waals surface area contributed by atoms with Crippen LogP contribution in [0.25, 0.3) is 0 Å². The van der Waals surface area contributed by atoms with E-state index in [-0.39, 0.29) is 0 Å². The first-order chi connectivity index (χ1) is 10.3. The summed E-state index contributed by atoms with van der Waals surface area (Å²) in [5, 5.41) is 3.32. The summed E-state index contributed by atoms with van der Waals surface area (Å²) >= 11 is 3.45. The molecule has 2 aromatic carbocycles. The molecule has 3 nitrogen and oxygen atoms in total. The number of hydrogen-bond donors (Lipinski definition) is 1. The zero-order valence-corrected chi connectivity index (χ0v) is 13.7. The first-order valence-corrected chi connectivity index (χ1v) is 7.77. The van der Waals surface area contributed by atoms with Gasteiger partial charge in [-0.1, -0.05) is 34.1 Å². The van der Waals surface area contributed by atoms with Gasteiger partial charge in [0.05, 0.1) is 6.61 Å². The van der Waals surface area contributed by atoms with Crippen LogP contribution in [-0.4, -0.2) is 26.9 Å². The molecule has 0 saturated carbocycles. The van der Waals surface area contributed by atoms with Gasteiger partial charge in [-0.15, -0.1) is 0 Å². The Kier molecular flexibility index (Phi) is 6.57. The lowest BCUT2D eigenvalue weighted by Crippen LogP contribution is -2.11. The summed E-state index contributed by atoms with van der Waals surface area (Å²) in [6.07, 6.45) is 0.932. The average Bonchev–Trinajstić information content (AvgIpc) is 2.51. The summed E-state index contributed by atoms with van der Waals surface area (Å²) in [5.74, 6) is 0.896. The largest absolute Gasteiger partial charge is 0.492 e. The zero-order chi connectivity index (χ0) is 14.9. The third-order valence-corrected chi connectivity index (χ3v) is 3.54. The van der Waals surface area contributed by atoms with Crippen LogP contribution in [-0.2, 0) is 11.2 Å². The predicted molar refractivity (Wildman–Crippen MR) is 90.1 cm³/mol. The number of hydrogen-bond acceptors (Lipinski definition) is 3. The molecule has 0 bridgehead atoms. The number of halogens is 1. The van der Waals surface area contributed by atoms with Gasteiger partial charge in [0.2, 0.25) is 0 Å². The maximum Gasteiger partial charge on any atom is 0.119 e. The van der Waals surface area contributed by atoms with E-state index in [4.69, 9.17) is 9.47 Å². The second-order valence-electron chi connectivity index (χ2n) is 4.67. The van der Waals surface area contributed by atoms with Gasteiger partial charge in [0.15, 0.2) is 0 Å². The quantitative estimate of drug-likeness (QED) is 0.727. The van der Waals surface area contributed by atoms with Crippen LogP contribution < -0.4 is 10.1 Å². The zero-order valence-electron chi connectivity index (χ0n) is 12.1. The molecule has 0 radical (unpaired) electrons. The van der Waals surface area contributed by atoms with Gasteiger partial charge in [-0.05, 0) is 42.3 Å². The van der Waals surface area contributed by atoms with E-state index in [0.29, 0.717) is 6.61 Å². The summed E-state index contributed by atoms with van der Waals surface area (Å²) in [6.45, 7) is 2.14. The SMILES string of the molecule is COCCc1ccc(OCCNc2cccc(Br)c2)cc1. The lowest BCUT2D eigenvalue weighted by Gasteiger charge is -2.09. The van der Waals surface area contributed by atoms with Crippen LogP contribution in [0.2, 0.25) is 0 Å². The van der Waals surface area contributed by atoms with Crippen molar-refractivity contribution in [3.63, 3.8) is 0 Å². The Labute approximate surface area is 134 Å². The Hall–Kier alpha value is -1.52. The van der Waals surface area contributed by atoms with Crippen LogP contribution in [0.1, 0.15) is 5.56 Å². The molecule has 1 N–H and O–H groups in total. The Bertz CT molecular complexity index is 543. The highest BCUT2D eigenvalue weighted by Crippen LogP contribution is 2.16. The van der Waals surface area contributed by atoms with Crippen LogP contribution in [0.15, 0.2) is 53.0 Å². The third-order valence-electron chi connectivity index (χ3n) is 3.04. The van der Waals surface area contributed by atoms with Gasteiger partial charge in [-0.3, -0.25) is 0 Å². The summed E-state index contributed by atoms with van der Waals surface area (Å²) in [4.78, 5) is 0. The molecule has 0 heterocycles. The van der Waals surface area contributed by atoms with E-state index in [2.05, 4.69) is 33.4 Å². The van der Waals surface area contributed by atoms with E-state index < -0.39 is 0 Å². The van der Waals surface area contributed by atoms with Crippen molar-refractivity contribution in [3.8, 4) is 5.75 Å². The lowest BCUT2D eigenvalue weighted by atomic mass is 10.1. The molecule has 0 aromatic heterocycles. The highest BCUT2D eigenvalue weighted by molar-refractivity contribution is 9.10. The highest BCUT2D eigenvalue weighted by atomic mass is 79.9. The number of rotatable bonds is 8. The number of benzene rings is 2. The van der Waals surface area contributed by atoms with Crippen LogP contribution in [0.5, 0.6) is 5.75 Å². The van der Waals surface area contributed by atoms with Gasteiger partial charge in [0.25, 0.3) is 0 Å². The Morgan fingerprint density at radius 1 is 1.05 bits per heavy atom. The lowest BCUT2D eigenvalue weighted by molar-refractivity contribution is 0.202. The Morgan fingerprint density at radius 2 is 1.86 bits per heavy atom. The Balaban J connectivity index is 1.71. The van der Waals surface area contributed by atoms with Crippen molar-refractivity contribution >= 4 is 21.6 Å². The first kappa shape index (κ1) is 15.9. The fourth-order valence-corrected chi connectivity index (χ4v) is 2.33. The number of methoxy groups -OCH3 is 1. The fourth-order valence-electron chi connectivity index (χ4n) is 1.93. The summed E-state index contributed by atoms with van der Waals surface area (Å²) in [5.41, 5.74) is 2.35. The minimum Gasteiger partial charge on any atom is -0.492 e. The smallest absolute Gasteiger partial charge is 0.119 e. The van der Waals surface area contributed by atoms with Gasteiger partial charge < -0.3 is 14.8 Å². The van der Waals surface area contributed by atoms with E-state index in [0.717, 1.165) is 35.5 Å². The van der Waals surface area contributed by atoms with Crippen LogP contribution in [0.4, 0.5) is 5.69 Å². The fraction of sp³-hybridized carbons (Fsp3) is 0.294. The molecule has 0 saturated heterocycles. The molecular weight excluding hydrogens is 330 g/mol. The van der Waals surface area contributed by atoms with Gasteiger partial charge in [0.1, 0.15) is 12.4 Å². The molecule has 0 aliphatic heterocycles. The average molecular weight is 350 g/mol. The van der Waals surface area contributed by atoms with E-state index in [9.17, 15) is 0 Å². The first-order valence-electron chi connectivity index (χ1n) is 6.98. The van der Waals surface area contributed by atoms with Crippen LogP contribution in [0, 0.1) is 0 Å². The molecule has 4 heteroatoms. The summed E-state index contributed by atoms with van der Waals surface area (Å²) < 4.78 is 11.8. The van der Waals surface area contributed by atoms with Crippen LogP contribution in [0.3, 0.4) is 0 Å².